The van der Waals surface area contributed by atoms with Crippen molar-refractivity contribution in [3.05, 3.63) is 72.3 Å². The molecule has 0 N–H and O–H groups in total. The van der Waals surface area contributed by atoms with Gasteiger partial charge in [-0.15, -0.1) is 0 Å². The zero-order valence-corrected chi connectivity index (χ0v) is 16.9. The van der Waals surface area contributed by atoms with E-state index in [0.717, 1.165) is 27.8 Å². The van der Waals surface area contributed by atoms with Crippen molar-refractivity contribution in [1.82, 2.24) is 0 Å². The zero-order chi connectivity index (χ0) is 20.8. The number of likely N-dealkylation sites (N-methyl/N-ethyl adjacent to an activating group) is 1. The van der Waals surface area contributed by atoms with Gasteiger partial charge in [0.1, 0.15) is 5.75 Å². The maximum absolute atomic E-state index is 12.5. The standard InChI is InChI=1S/C24H25NO4/c1-4-25(21-8-6-5-7-9-21)23(26)16-29-24(27)17(2)18-10-11-20-15-22(28-3)13-12-19(20)14-18/h5-15,17H,4,16H2,1-3H3/t17-/m0/s1. The average Bonchev–Trinajstić information content (AvgIpc) is 2.77. The van der Waals surface area contributed by atoms with Crippen molar-refractivity contribution in [3.8, 4) is 5.75 Å². The van der Waals surface area contributed by atoms with Gasteiger partial charge in [-0.2, -0.15) is 0 Å². The second-order valence-corrected chi connectivity index (χ2v) is 6.78. The topological polar surface area (TPSA) is 55.8 Å². The van der Waals surface area contributed by atoms with Gasteiger partial charge in [0.25, 0.3) is 5.91 Å². The number of benzene rings is 3. The summed E-state index contributed by atoms with van der Waals surface area (Å²) < 4.78 is 10.6. The van der Waals surface area contributed by atoms with Crippen LogP contribution in [0.25, 0.3) is 10.8 Å². The highest BCUT2D eigenvalue weighted by atomic mass is 16.5. The lowest BCUT2D eigenvalue weighted by Crippen LogP contribution is -2.35. The molecule has 5 nitrogen and oxygen atoms in total. The number of amides is 1. The number of esters is 1. The largest absolute Gasteiger partial charge is 0.497 e. The Bertz CT molecular complexity index is 1000. The van der Waals surface area contributed by atoms with Gasteiger partial charge in [0.2, 0.25) is 0 Å². The summed E-state index contributed by atoms with van der Waals surface area (Å²) in [5, 5.41) is 2.05. The number of ether oxygens (including phenoxy) is 2. The fourth-order valence-corrected chi connectivity index (χ4v) is 3.22. The Morgan fingerprint density at radius 3 is 2.34 bits per heavy atom. The Morgan fingerprint density at radius 2 is 1.66 bits per heavy atom. The van der Waals surface area contributed by atoms with Crippen LogP contribution in [0.1, 0.15) is 25.3 Å². The zero-order valence-electron chi connectivity index (χ0n) is 16.9. The molecule has 0 saturated heterocycles. The van der Waals surface area contributed by atoms with E-state index in [9.17, 15) is 9.59 Å². The number of methoxy groups -OCH3 is 1. The van der Waals surface area contributed by atoms with E-state index in [0.29, 0.717) is 6.54 Å². The normalized spacial score (nSPS) is 11.7. The Labute approximate surface area is 170 Å². The molecule has 0 unspecified atom stereocenters. The lowest BCUT2D eigenvalue weighted by molar-refractivity contribution is -0.149. The van der Waals surface area contributed by atoms with Gasteiger partial charge in [0.15, 0.2) is 6.61 Å². The Balaban J connectivity index is 1.65. The number of anilines is 1. The van der Waals surface area contributed by atoms with E-state index in [1.165, 1.54) is 0 Å². The molecule has 0 saturated carbocycles. The van der Waals surface area contributed by atoms with Gasteiger partial charge in [-0.25, -0.2) is 0 Å². The molecule has 0 aliphatic carbocycles. The number of hydrogen-bond donors (Lipinski definition) is 0. The van der Waals surface area contributed by atoms with Crippen molar-refractivity contribution >= 4 is 28.3 Å². The molecule has 0 fully saturated rings. The predicted octanol–water partition coefficient (Wildman–Crippen LogP) is 4.55. The third kappa shape index (κ3) is 4.74. The van der Waals surface area contributed by atoms with E-state index >= 15 is 0 Å². The van der Waals surface area contributed by atoms with Crippen LogP contribution in [0.4, 0.5) is 5.69 Å². The van der Waals surface area contributed by atoms with Crippen molar-refractivity contribution in [3.63, 3.8) is 0 Å². The highest BCUT2D eigenvalue weighted by molar-refractivity contribution is 5.95. The molecule has 0 aliphatic heterocycles. The molecule has 0 aliphatic rings. The van der Waals surface area contributed by atoms with Crippen molar-refractivity contribution in [1.29, 1.82) is 0 Å². The third-order valence-electron chi connectivity index (χ3n) is 4.95. The lowest BCUT2D eigenvalue weighted by Gasteiger charge is -2.21. The fraction of sp³-hybridized carbons (Fsp3) is 0.250. The van der Waals surface area contributed by atoms with Crippen molar-refractivity contribution in [2.75, 3.05) is 25.2 Å². The molecule has 29 heavy (non-hydrogen) atoms. The second kappa shape index (κ2) is 9.24. The molecule has 0 bridgehead atoms. The van der Waals surface area contributed by atoms with Gasteiger partial charge in [0, 0.05) is 12.2 Å². The van der Waals surface area contributed by atoms with E-state index in [4.69, 9.17) is 9.47 Å². The summed E-state index contributed by atoms with van der Waals surface area (Å²) in [6.45, 7) is 3.90. The summed E-state index contributed by atoms with van der Waals surface area (Å²) in [4.78, 5) is 26.6. The maximum Gasteiger partial charge on any atom is 0.313 e. The van der Waals surface area contributed by atoms with Gasteiger partial charge in [-0.1, -0.05) is 42.5 Å². The lowest BCUT2D eigenvalue weighted by atomic mass is 9.98. The minimum absolute atomic E-state index is 0.246. The molecule has 0 heterocycles. The number of para-hydroxylation sites is 1. The van der Waals surface area contributed by atoms with Gasteiger partial charge in [-0.05, 0) is 54.4 Å². The first-order valence-corrected chi connectivity index (χ1v) is 9.63. The summed E-state index contributed by atoms with van der Waals surface area (Å²) in [7, 11) is 1.63. The van der Waals surface area contributed by atoms with E-state index in [1.807, 2.05) is 73.7 Å². The minimum atomic E-state index is -0.471. The number of fused-ring (bicyclic) bond motifs is 1. The fourth-order valence-electron chi connectivity index (χ4n) is 3.22. The smallest absolute Gasteiger partial charge is 0.313 e. The Hall–Kier alpha value is -3.34. The summed E-state index contributed by atoms with van der Waals surface area (Å²) >= 11 is 0. The summed E-state index contributed by atoms with van der Waals surface area (Å²) in [5.74, 6) is -0.351. The third-order valence-corrected chi connectivity index (χ3v) is 4.95. The van der Waals surface area contributed by atoms with Crippen LogP contribution >= 0.6 is 0 Å². The molecule has 5 heteroatoms. The van der Waals surface area contributed by atoms with Crippen LogP contribution < -0.4 is 9.64 Å². The first-order chi connectivity index (χ1) is 14.0. The highest BCUT2D eigenvalue weighted by Gasteiger charge is 2.21. The monoisotopic (exact) mass is 391 g/mol. The number of carbonyl (C=O) groups excluding carboxylic acids is 2. The van der Waals surface area contributed by atoms with Crippen molar-refractivity contribution in [2.24, 2.45) is 0 Å². The van der Waals surface area contributed by atoms with Crippen LogP contribution in [0, 0.1) is 0 Å². The summed E-state index contributed by atoms with van der Waals surface area (Å²) in [6, 6.07) is 21.0. The molecular weight excluding hydrogens is 366 g/mol. The van der Waals surface area contributed by atoms with Gasteiger partial charge in [0.05, 0.1) is 13.0 Å². The molecule has 3 rings (SSSR count). The number of nitrogens with zero attached hydrogens (tertiary/aromatic N) is 1. The van der Waals surface area contributed by atoms with Crippen LogP contribution in [0.2, 0.25) is 0 Å². The first-order valence-electron chi connectivity index (χ1n) is 9.63. The average molecular weight is 391 g/mol. The predicted molar refractivity (Wildman–Crippen MR) is 114 cm³/mol. The number of hydrogen-bond acceptors (Lipinski definition) is 4. The Kier molecular flexibility index (Phi) is 6.50. The SMILES string of the molecule is CCN(C(=O)COC(=O)[C@@H](C)c1ccc2cc(OC)ccc2c1)c1ccccc1. The maximum atomic E-state index is 12.5. The quantitative estimate of drug-likeness (QED) is 0.555. The molecule has 3 aromatic carbocycles. The van der Waals surface area contributed by atoms with Crippen LogP contribution in [0.15, 0.2) is 66.7 Å². The number of carbonyl (C=O) groups is 2. The number of rotatable bonds is 7. The van der Waals surface area contributed by atoms with E-state index in [-0.39, 0.29) is 12.5 Å². The van der Waals surface area contributed by atoms with Gasteiger partial charge in [-0.3, -0.25) is 9.59 Å². The van der Waals surface area contributed by atoms with Crippen LogP contribution in [-0.4, -0.2) is 32.1 Å². The molecular formula is C24H25NO4. The van der Waals surface area contributed by atoms with Gasteiger partial charge < -0.3 is 14.4 Å². The minimum Gasteiger partial charge on any atom is -0.497 e. The van der Waals surface area contributed by atoms with Crippen LogP contribution in [0.5, 0.6) is 5.75 Å². The molecule has 0 radical (unpaired) electrons. The first kappa shape index (κ1) is 20.4. The van der Waals surface area contributed by atoms with Crippen LogP contribution in [0.3, 0.4) is 0 Å². The molecule has 0 aromatic heterocycles. The van der Waals surface area contributed by atoms with Crippen molar-refractivity contribution in [2.45, 2.75) is 19.8 Å². The van der Waals surface area contributed by atoms with E-state index in [2.05, 4.69) is 0 Å². The molecule has 150 valence electrons. The second-order valence-electron chi connectivity index (χ2n) is 6.78. The highest BCUT2D eigenvalue weighted by Crippen LogP contribution is 2.26. The summed E-state index contributed by atoms with van der Waals surface area (Å²) in [6.07, 6.45) is 0. The Morgan fingerprint density at radius 1 is 0.966 bits per heavy atom. The van der Waals surface area contributed by atoms with Crippen LogP contribution in [-0.2, 0) is 14.3 Å². The molecule has 3 aromatic rings. The van der Waals surface area contributed by atoms with Crippen molar-refractivity contribution < 1.29 is 19.1 Å². The summed E-state index contributed by atoms with van der Waals surface area (Å²) in [5.41, 5.74) is 1.63. The molecule has 1 amide bonds. The van der Waals surface area contributed by atoms with E-state index in [1.54, 1.807) is 18.9 Å². The molecule has 0 spiro atoms. The molecule has 1 atom stereocenters. The van der Waals surface area contributed by atoms with E-state index < -0.39 is 11.9 Å². The van der Waals surface area contributed by atoms with Gasteiger partial charge >= 0.3 is 5.97 Å².